The van der Waals surface area contributed by atoms with Crippen LogP contribution in [0.2, 0.25) is 0 Å². The Morgan fingerprint density at radius 3 is 2.85 bits per heavy atom. The van der Waals surface area contributed by atoms with Gasteiger partial charge in [0.25, 0.3) is 0 Å². The number of nitriles is 1. The number of nitrogens with zero attached hydrogens (tertiary/aromatic N) is 2. The number of hydrogen-bond acceptors (Lipinski definition) is 4. The van der Waals surface area contributed by atoms with Crippen molar-refractivity contribution in [1.29, 1.82) is 5.26 Å². The second kappa shape index (κ2) is 6.36. The first-order chi connectivity index (χ1) is 9.67. The minimum Gasteiger partial charge on any atom is -0.391 e. The molecule has 1 heterocycles. The number of fused-ring (bicyclic) bond motifs is 1. The number of aliphatic hydroxyl groups excluding tert-OH is 1. The molecule has 0 aliphatic rings. The Labute approximate surface area is 119 Å². The molecule has 2 rings (SSSR count). The number of para-hydroxylation sites is 1. The van der Waals surface area contributed by atoms with Gasteiger partial charge >= 0.3 is 0 Å². The average Bonchev–Trinajstić information content (AvgIpc) is 2.51. The van der Waals surface area contributed by atoms with Crippen LogP contribution in [0.3, 0.4) is 0 Å². The summed E-state index contributed by atoms with van der Waals surface area (Å²) in [6.45, 7) is 4.50. The van der Waals surface area contributed by atoms with Crippen molar-refractivity contribution in [2.45, 2.75) is 26.4 Å². The van der Waals surface area contributed by atoms with Gasteiger partial charge < -0.3 is 10.4 Å². The lowest BCUT2D eigenvalue weighted by Gasteiger charge is -2.19. The summed E-state index contributed by atoms with van der Waals surface area (Å²) < 4.78 is 0. The fourth-order valence-electron chi connectivity index (χ4n) is 2.10. The van der Waals surface area contributed by atoms with Gasteiger partial charge in [-0.15, -0.1) is 0 Å². The molecular weight excluding hydrogens is 250 g/mol. The normalized spacial score (nSPS) is 13.7. The van der Waals surface area contributed by atoms with Gasteiger partial charge in [0.15, 0.2) is 0 Å². The zero-order chi connectivity index (χ0) is 14.5. The molecular formula is C16H19N3O. The summed E-state index contributed by atoms with van der Waals surface area (Å²) in [6.07, 6.45) is 2.06. The van der Waals surface area contributed by atoms with Gasteiger partial charge in [0.2, 0.25) is 0 Å². The predicted molar refractivity (Wildman–Crippen MR) is 80.4 cm³/mol. The maximum atomic E-state index is 10.1. The largest absolute Gasteiger partial charge is 0.391 e. The van der Waals surface area contributed by atoms with Crippen LogP contribution in [0.5, 0.6) is 0 Å². The van der Waals surface area contributed by atoms with E-state index in [1.54, 1.807) is 6.20 Å². The van der Waals surface area contributed by atoms with Crippen LogP contribution >= 0.6 is 0 Å². The molecule has 2 aromatic rings. The van der Waals surface area contributed by atoms with Gasteiger partial charge in [-0.05, 0) is 12.0 Å². The smallest absolute Gasteiger partial charge is 0.103 e. The lowest BCUT2D eigenvalue weighted by molar-refractivity contribution is 0.126. The number of pyridine rings is 1. The van der Waals surface area contributed by atoms with Crippen LogP contribution in [0.1, 0.15) is 25.8 Å². The lowest BCUT2D eigenvalue weighted by Crippen LogP contribution is -2.26. The second-order valence-corrected chi connectivity index (χ2v) is 5.01. The Bertz CT molecular complexity index is 633. The molecule has 1 aromatic heterocycles. The van der Waals surface area contributed by atoms with Gasteiger partial charge in [0.1, 0.15) is 6.07 Å². The standard InChI is InChI=1S/C16H19N3O/c1-3-11(2)15(20)10-19-16-12(8-17)9-18-14-7-5-4-6-13(14)16/h4-7,9,11,15,20H,3,10H2,1-2H3,(H,18,19). The van der Waals surface area contributed by atoms with E-state index in [1.165, 1.54) is 0 Å². The lowest BCUT2D eigenvalue weighted by atomic mass is 10.0. The van der Waals surface area contributed by atoms with E-state index in [-0.39, 0.29) is 5.92 Å². The molecule has 104 valence electrons. The van der Waals surface area contributed by atoms with E-state index in [0.717, 1.165) is 23.0 Å². The van der Waals surface area contributed by atoms with Gasteiger partial charge in [-0.1, -0.05) is 38.5 Å². The number of aliphatic hydroxyl groups is 1. The van der Waals surface area contributed by atoms with Crippen molar-refractivity contribution in [3.8, 4) is 6.07 Å². The van der Waals surface area contributed by atoms with E-state index in [9.17, 15) is 10.4 Å². The van der Waals surface area contributed by atoms with Gasteiger partial charge in [0, 0.05) is 18.1 Å². The number of rotatable bonds is 5. The highest BCUT2D eigenvalue weighted by atomic mass is 16.3. The number of hydrogen-bond donors (Lipinski definition) is 2. The summed E-state index contributed by atoms with van der Waals surface area (Å²) in [5.74, 6) is 0.223. The fraction of sp³-hybridized carbons (Fsp3) is 0.375. The number of nitrogens with one attached hydrogen (secondary N) is 1. The molecule has 2 atom stereocenters. The van der Waals surface area contributed by atoms with Gasteiger partial charge in [-0.25, -0.2) is 0 Å². The van der Waals surface area contributed by atoms with Crippen molar-refractivity contribution in [1.82, 2.24) is 4.98 Å². The third kappa shape index (κ3) is 2.89. The molecule has 20 heavy (non-hydrogen) atoms. The first kappa shape index (κ1) is 14.3. The van der Waals surface area contributed by atoms with E-state index in [1.807, 2.05) is 31.2 Å². The fourth-order valence-corrected chi connectivity index (χ4v) is 2.10. The molecule has 4 heteroatoms. The molecule has 0 saturated carbocycles. The highest BCUT2D eigenvalue weighted by molar-refractivity contribution is 5.93. The minimum atomic E-state index is -0.432. The van der Waals surface area contributed by atoms with Crippen LogP contribution in [-0.4, -0.2) is 22.7 Å². The summed E-state index contributed by atoms with van der Waals surface area (Å²) in [6, 6.07) is 9.82. The van der Waals surface area contributed by atoms with Gasteiger partial charge in [0.05, 0.1) is 22.9 Å². The summed E-state index contributed by atoms with van der Waals surface area (Å²) in [5, 5.41) is 23.4. The molecule has 0 spiro atoms. The third-order valence-corrected chi connectivity index (χ3v) is 3.68. The Balaban J connectivity index is 2.30. The van der Waals surface area contributed by atoms with E-state index >= 15 is 0 Å². The quantitative estimate of drug-likeness (QED) is 0.875. The van der Waals surface area contributed by atoms with Crippen molar-refractivity contribution in [2.24, 2.45) is 5.92 Å². The first-order valence-corrected chi connectivity index (χ1v) is 6.87. The monoisotopic (exact) mass is 269 g/mol. The molecule has 0 aliphatic heterocycles. The maximum Gasteiger partial charge on any atom is 0.103 e. The van der Waals surface area contributed by atoms with Crippen LogP contribution < -0.4 is 5.32 Å². The molecule has 2 unspecified atom stereocenters. The van der Waals surface area contributed by atoms with Crippen LogP contribution in [0.4, 0.5) is 5.69 Å². The highest BCUT2D eigenvalue weighted by Gasteiger charge is 2.14. The SMILES string of the molecule is CCC(C)C(O)CNc1c(C#N)cnc2ccccc12. The molecule has 2 N–H and O–H groups in total. The number of benzene rings is 1. The molecule has 0 bridgehead atoms. The Morgan fingerprint density at radius 1 is 1.40 bits per heavy atom. The predicted octanol–water partition coefficient (Wildman–Crippen LogP) is 2.93. The van der Waals surface area contributed by atoms with E-state index < -0.39 is 6.10 Å². The van der Waals surface area contributed by atoms with Crippen LogP contribution in [0.15, 0.2) is 30.5 Å². The minimum absolute atomic E-state index is 0.223. The van der Waals surface area contributed by atoms with E-state index in [4.69, 9.17) is 0 Å². The second-order valence-electron chi connectivity index (χ2n) is 5.01. The maximum absolute atomic E-state index is 10.1. The molecule has 0 saturated heterocycles. The van der Waals surface area contributed by atoms with Crippen molar-refractivity contribution >= 4 is 16.6 Å². The number of aromatic nitrogens is 1. The molecule has 0 fully saturated rings. The number of anilines is 1. The summed E-state index contributed by atoms with van der Waals surface area (Å²) in [7, 11) is 0. The van der Waals surface area contributed by atoms with E-state index in [2.05, 4.69) is 23.3 Å². The Morgan fingerprint density at radius 2 is 2.15 bits per heavy atom. The van der Waals surface area contributed by atoms with E-state index in [0.29, 0.717) is 12.1 Å². The summed E-state index contributed by atoms with van der Waals surface area (Å²) in [4.78, 5) is 4.27. The summed E-state index contributed by atoms with van der Waals surface area (Å²) >= 11 is 0. The molecule has 4 nitrogen and oxygen atoms in total. The molecule has 0 amide bonds. The molecule has 1 aromatic carbocycles. The van der Waals surface area contributed by atoms with Gasteiger partial charge in [-0.2, -0.15) is 5.26 Å². The average molecular weight is 269 g/mol. The van der Waals surface area contributed by atoms with Gasteiger partial charge in [-0.3, -0.25) is 4.98 Å². The zero-order valence-corrected chi connectivity index (χ0v) is 11.8. The van der Waals surface area contributed by atoms with Crippen molar-refractivity contribution in [2.75, 3.05) is 11.9 Å². The third-order valence-electron chi connectivity index (χ3n) is 3.68. The molecule has 0 radical (unpaired) electrons. The zero-order valence-electron chi connectivity index (χ0n) is 11.8. The van der Waals surface area contributed by atoms with Crippen molar-refractivity contribution in [3.63, 3.8) is 0 Å². The molecule has 0 aliphatic carbocycles. The first-order valence-electron chi connectivity index (χ1n) is 6.87. The Hall–Kier alpha value is -2.12. The van der Waals surface area contributed by atoms with Crippen LogP contribution in [-0.2, 0) is 0 Å². The van der Waals surface area contributed by atoms with Crippen molar-refractivity contribution in [3.05, 3.63) is 36.0 Å². The summed E-state index contributed by atoms with van der Waals surface area (Å²) in [5.41, 5.74) is 2.09. The highest BCUT2D eigenvalue weighted by Crippen LogP contribution is 2.25. The van der Waals surface area contributed by atoms with Crippen molar-refractivity contribution < 1.29 is 5.11 Å². The topological polar surface area (TPSA) is 68.9 Å². The van der Waals surface area contributed by atoms with Crippen LogP contribution in [0.25, 0.3) is 10.9 Å². The van der Waals surface area contributed by atoms with Crippen LogP contribution in [0, 0.1) is 17.2 Å². The Kier molecular flexibility index (Phi) is 4.54.